The minimum atomic E-state index is -0.866. The maximum atomic E-state index is 12.9. The van der Waals surface area contributed by atoms with Crippen LogP contribution >= 0.6 is 0 Å². The number of benzene rings is 1. The first-order chi connectivity index (χ1) is 8.36. The zero-order chi connectivity index (χ0) is 13.8. The Morgan fingerprint density at radius 2 is 1.94 bits per heavy atom. The molecule has 0 aliphatic carbocycles. The quantitative estimate of drug-likeness (QED) is 0.840. The summed E-state index contributed by atoms with van der Waals surface area (Å²) in [5.41, 5.74) is 0.00471. The van der Waals surface area contributed by atoms with Gasteiger partial charge in [0.15, 0.2) is 11.6 Å². The number of carbonyl (C=O) groups excluding carboxylic acids is 1. The van der Waals surface area contributed by atoms with Gasteiger partial charge in [-0.25, -0.2) is 8.78 Å². The van der Waals surface area contributed by atoms with Crippen molar-refractivity contribution < 1.29 is 13.6 Å². The molecule has 0 heterocycles. The topological polar surface area (TPSA) is 41.1 Å². The fraction of sp³-hybridized carbons (Fsp3) is 0.462. The monoisotopic (exact) mass is 256 g/mol. The predicted molar refractivity (Wildman–Crippen MR) is 66.2 cm³/mol. The first-order valence-corrected chi connectivity index (χ1v) is 5.78. The lowest BCUT2D eigenvalue weighted by Gasteiger charge is -2.22. The molecular weight excluding hydrogens is 238 g/mol. The van der Waals surface area contributed by atoms with Gasteiger partial charge in [0.05, 0.1) is 5.54 Å². The van der Waals surface area contributed by atoms with Gasteiger partial charge in [0.25, 0.3) is 0 Å². The van der Waals surface area contributed by atoms with Gasteiger partial charge >= 0.3 is 0 Å². The molecule has 0 aliphatic heterocycles. The summed E-state index contributed by atoms with van der Waals surface area (Å²) in [5, 5.41) is 5.62. The van der Waals surface area contributed by atoms with E-state index in [0.29, 0.717) is 18.5 Å². The maximum Gasteiger partial charge on any atom is 0.239 e. The molecule has 1 aromatic rings. The largest absolute Gasteiger partial charge is 0.354 e. The van der Waals surface area contributed by atoms with Crippen LogP contribution in [-0.2, 0) is 11.2 Å². The Morgan fingerprint density at radius 1 is 1.28 bits per heavy atom. The summed E-state index contributed by atoms with van der Waals surface area (Å²) in [5.74, 6) is -1.86. The summed E-state index contributed by atoms with van der Waals surface area (Å²) < 4.78 is 25.6. The third kappa shape index (κ3) is 3.77. The second kappa shape index (κ2) is 5.91. The highest BCUT2D eigenvalue weighted by atomic mass is 19.2. The lowest BCUT2D eigenvalue weighted by atomic mass is 10.1. The Bertz CT molecular complexity index is 433. The summed E-state index contributed by atoms with van der Waals surface area (Å²) in [6, 6.07) is 3.74. The van der Waals surface area contributed by atoms with Crippen LogP contribution in [0.25, 0.3) is 0 Å². The first-order valence-electron chi connectivity index (χ1n) is 5.78. The number of hydrogen-bond donors (Lipinski definition) is 2. The van der Waals surface area contributed by atoms with Gasteiger partial charge in [0.1, 0.15) is 0 Å². The van der Waals surface area contributed by atoms with Crippen molar-refractivity contribution in [2.75, 3.05) is 13.6 Å². The van der Waals surface area contributed by atoms with Gasteiger partial charge in [-0.05, 0) is 45.0 Å². The third-order valence-corrected chi connectivity index (χ3v) is 2.88. The van der Waals surface area contributed by atoms with E-state index in [1.807, 2.05) is 0 Å². The molecule has 1 amide bonds. The number of nitrogens with one attached hydrogen (secondary N) is 2. The number of hydrogen-bond acceptors (Lipinski definition) is 2. The van der Waals surface area contributed by atoms with E-state index in [1.54, 1.807) is 20.9 Å². The summed E-state index contributed by atoms with van der Waals surface area (Å²) >= 11 is 0. The van der Waals surface area contributed by atoms with Crippen LogP contribution in [0.1, 0.15) is 19.4 Å². The fourth-order valence-electron chi connectivity index (χ4n) is 1.35. The molecule has 2 N–H and O–H groups in total. The molecule has 0 aromatic heterocycles. The van der Waals surface area contributed by atoms with E-state index in [-0.39, 0.29) is 5.91 Å². The molecule has 0 atom stereocenters. The highest BCUT2D eigenvalue weighted by Crippen LogP contribution is 2.09. The molecule has 100 valence electrons. The normalized spacial score (nSPS) is 11.4. The molecule has 18 heavy (non-hydrogen) atoms. The lowest BCUT2D eigenvalue weighted by Crippen LogP contribution is -2.51. The molecule has 0 radical (unpaired) electrons. The van der Waals surface area contributed by atoms with Crippen molar-refractivity contribution in [1.29, 1.82) is 0 Å². The van der Waals surface area contributed by atoms with Crippen molar-refractivity contribution in [3.05, 3.63) is 35.4 Å². The van der Waals surface area contributed by atoms with Crippen LogP contribution in [0.15, 0.2) is 18.2 Å². The van der Waals surface area contributed by atoms with Gasteiger partial charge in [0, 0.05) is 6.54 Å². The van der Waals surface area contributed by atoms with Crippen LogP contribution in [0.3, 0.4) is 0 Å². The Labute approximate surface area is 106 Å². The van der Waals surface area contributed by atoms with Gasteiger partial charge < -0.3 is 10.6 Å². The van der Waals surface area contributed by atoms with E-state index in [2.05, 4.69) is 10.6 Å². The van der Waals surface area contributed by atoms with Crippen LogP contribution in [0.4, 0.5) is 8.78 Å². The van der Waals surface area contributed by atoms with E-state index >= 15 is 0 Å². The zero-order valence-corrected chi connectivity index (χ0v) is 10.8. The van der Waals surface area contributed by atoms with Crippen molar-refractivity contribution in [2.24, 2.45) is 0 Å². The summed E-state index contributed by atoms with van der Waals surface area (Å²) in [7, 11) is 1.70. The van der Waals surface area contributed by atoms with Crippen molar-refractivity contribution in [3.8, 4) is 0 Å². The van der Waals surface area contributed by atoms with E-state index in [0.717, 1.165) is 12.1 Å². The van der Waals surface area contributed by atoms with Crippen molar-refractivity contribution >= 4 is 5.91 Å². The standard InChI is InChI=1S/C13H18F2N2O/c1-13(2,16-3)12(18)17-7-6-9-4-5-10(14)11(15)8-9/h4-5,8,16H,6-7H2,1-3H3,(H,17,18). The minimum absolute atomic E-state index is 0.132. The summed E-state index contributed by atoms with van der Waals surface area (Å²) in [6.45, 7) is 3.91. The second-order valence-corrected chi connectivity index (χ2v) is 4.63. The maximum absolute atomic E-state index is 12.9. The van der Waals surface area contributed by atoms with Crippen molar-refractivity contribution in [2.45, 2.75) is 25.8 Å². The van der Waals surface area contributed by atoms with Crippen LogP contribution in [0, 0.1) is 11.6 Å². The van der Waals surface area contributed by atoms with E-state index in [4.69, 9.17) is 0 Å². The van der Waals surface area contributed by atoms with Gasteiger partial charge in [-0.2, -0.15) is 0 Å². The van der Waals surface area contributed by atoms with Gasteiger partial charge in [-0.1, -0.05) is 6.07 Å². The average Bonchev–Trinajstić information content (AvgIpc) is 2.33. The Hall–Kier alpha value is -1.49. The molecular formula is C13H18F2N2O. The van der Waals surface area contributed by atoms with Gasteiger partial charge in [0.2, 0.25) is 5.91 Å². The molecule has 0 spiro atoms. The van der Waals surface area contributed by atoms with Crippen LogP contribution in [0.5, 0.6) is 0 Å². The average molecular weight is 256 g/mol. The molecule has 0 unspecified atom stereocenters. The van der Waals surface area contributed by atoms with Gasteiger partial charge in [-0.15, -0.1) is 0 Å². The van der Waals surface area contributed by atoms with Crippen LogP contribution in [-0.4, -0.2) is 25.0 Å². The molecule has 1 aromatic carbocycles. The van der Waals surface area contributed by atoms with E-state index < -0.39 is 17.2 Å². The highest BCUT2D eigenvalue weighted by Gasteiger charge is 2.24. The summed E-state index contributed by atoms with van der Waals surface area (Å²) in [4.78, 5) is 11.7. The molecule has 0 aliphatic rings. The minimum Gasteiger partial charge on any atom is -0.354 e. The molecule has 0 fully saturated rings. The molecule has 0 saturated carbocycles. The number of carbonyl (C=O) groups is 1. The number of likely N-dealkylation sites (N-methyl/N-ethyl adjacent to an activating group) is 1. The number of rotatable bonds is 5. The van der Waals surface area contributed by atoms with Crippen molar-refractivity contribution in [1.82, 2.24) is 10.6 Å². The van der Waals surface area contributed by atoms with Crippen molar-refractivity contribution in [3.63, 3.8) is 0 Å². The second-order valence-electron chi connectivity index (χ2n) is 4.63. The summed E-state index contributed by atoms with van der Waals surface area (Å²) in [6.07, 6.45) is 0.461. The smallest absolute Gasteiger partial charge is 0.239 e. The predicted octanol–water partition coefficient (Wildman–Crippen LogP) is 1.62. The van der Waals surface area contributed by atoms with E-state index in [9.17, 15) is 13.6 Å². The number of halogens is 2. The Morgan fingerprint density at radius 3 is 2.50 bits per heavy atom. The van der Waals surface area contributed by atoms with Crippen LogP contribution < -0.4 is 10.6 Å². The highest BCUT2D eigenvalue weighted by molar-refractivity contribution is 5.85. The Kier molecular flexibility index (Phi) is 4.78. The molecule has 3 nitrogen and oxygen atoms in total. The first kappa shape index (κ1) is 14.6. The van der Waals surface area contributed by atoms with Crippen LogP contribution in [0.2, 0.25) is 0 Å². The van der Waals surface area contributed by atoms with Gasteiger partial charge in [-0.3, -0.25) is 4.79 Å². The molecule has 0 bridgehead atoms. The fourth-order valence-corrected chi connectivity index (χ4v) is 1.35. The molecule has 1 rings (SSSR count). The Balaban J connectivity index is 2.47. The SMILES string of the molecule is CNC(C)(C)C(=O)NCCc1ccc(F)c(F)c1. The van der Waals surface area contributed by atoms with E-state index in [1.165, 1.54) is 6.07 Å². The number of amides is 1. The lowest BCUT2D eigenvalue weighted by molar-refractivity contribution is -0.126. The molecule has 5 heteroatoms. The molecule has 0 saturated heterocycles. The zero-order valence-electron chi connectivity index (χ0n) is 10.8. The third-order valence-electron chi connectivity index (χ3n) is 2.88.